The Bertz CT molecular complexity index is 805. The summed E-state index contributed by atoms with van der Waals surface area (Å²) in [4.78, 5) is 29.6. The van der Waals surface area contributed by atoms with Crippen molar-refractivity contribution in [3.63, 3.8) is 0 Å². The highest BCUT2D eigenvalue weighted by molar-refractivity contribution is 5.94. The zero-order valence-electron chi connectivity index (χ0n) is 14.9. The highest BCUT2D eigenvalue weighted by atomic mass is 16.5. The summed E-state index contributed by atoms with van der Waals surface area (Å²) in [6, 6.07) is 9.28. The molecule has 0 saturated carbocycles. The van der Waals surface area contributed by atoms with Gasteiger partial charge in [0.05, 0.1) is 25.0 Å². The van der Waals surface area contributed by atoms with Crippen LogP contribution in [0.3, 0.4) is 0 Å². The van der Waals surface area contributed by atoms with Gasteiger partial charge in [0.2, 0.25) is 17.7 Å². The van der Waals surface area contributed by atoms with Crippen molar-refractivity contribution in [1.29, 1.82) is 0 Å². The van der Waals surface area contributed by atoms with Gasteiger partial charge in [-0.15, -0.1) is 0 Å². The number of anilines is 1. The first-order valence-electron chi connectivity index (χ1n) is 8.51. The first kappa shape index (κ1) is 17.9. The van der Waals surface area contributed by atoms with Crippen molar-refractivity contribution in [2.75, 3.05) is 31.5 Å². The number of aromatic nitrogens is 1. The van der Waals surface area contributed by atoms with Crippen LogP contribution in [-0.2, 0) is 9.59 Å². The van der Waals surface area contributed by atoms with Crippen LogP contribution in [-0.4, -0.2) is 47.9 Å². The molecule has 0 radical (unpaired) electrons. The van der Waals surface area contributed by atoms with E-state index in [1.165, 1.54) is 11.1 Å². The first-order valence-corrected chi connectivity index (χ1v) is 8.51. The van der Waals surface area contributed by atoms with E-state index in [2.05, 4.69) is 15.6 Å². The number of carbonyl (C=O) groups is 2. The SMILES string of the molecule is Cc1cccc(Oc2ccc(NC(=O)CN3CCNCC3=O)cn2)c1C. The number of pyridine rings is 1. The molecule has 1 aliphatic rings. The summed E-state index contributed by atoms with van der Waals surface area (Å²) in [5.74, 6) is 0.896. The molecule has 2 heterocycles. The topological polar surface area (TPSA) is 83.6 Å². The zero-order valence-corrected chi connectivity index (χ0v) is 14.9. The normalized spacial score (nSPS) is 14.2. The second-order valence-corrected chi connectivity index (χ2v) is 6.23. The minimum absolute atomic E-state index is 0.0429. The highest BCUT2D eigenvalue weighted by Crippen LogP contribution is 2.26. The molecule has 2 N–H and O–H groups in total. The van der Waals surface area contributed by atoms with Gasteiger partial charge in [0, 0.05) is 19.2 Å². The molecule has 1 saturated heterocycles. The molecule has 1 aliphatic heterocycles. The van der Waals surface area contributed by atoms with Crippen molar-refractivity contribution in [2.24, 2.45) is 0 Å². The minimum Gasteiger partial charge on any atom is -0.439 e. The Labute approximate surface area is 152 Å². The van der Waals surface area contributed by atoms with Gasteiger partial charge in [-0.05, 0) is 37.1 Å². The average Bonchev–Trinajstić information content (AvgIpc) is 2.62. The third-order valence-electron chi connectivity index (χ3n) is 4.31. The summed E-state index contributed by atoms with van der Waals surface area (Å²) in [6.45, 7) is 5.58. The Hall–Kier alpha value is -2.93. The zero-order chi connectivity index (χ0) is 18.5. The summed E-state index contributed by atoms with van der Waals surface area (Å²) in [5, 5.41) is 5.72. The minimum atomic E-state index is -0.245. The van der Waals surface area contributed by atoms with E-state index in [1.807, 2.05) is 32.0 Å². The predicted octanol–water partition coefficient (Wildman–Crippen LogP) is 1.86. The lowest BCUT2D eigenvalue weighted by atomic mass is 10.1. The fourth-order valence-electron chi connectivity index (χ4n) is 2.65. The molecule has 1 aromatic carbocycles. The van der Waals surface area contributed by atoms with E-state index in [0.29, 0.717) is 24.7 Å². The van der Waals surface area contributed by atoms with E-state index in [9.17, 15) is 9.59 Å². The van der Waals surface area contributed by atoms with Crippen LogP contribution in [0.4, 0.5) is 5.69 Å². The van der Waals surface area contributed by atoms with Crippen LogP contribution in [0.25, 0.3) is 0 Å². The maximum atomic E-state index is 12.1. The lowest BCUT2D eigenvalue weighted by Gasteiger charge is -2.26. The standard InChI is InChI=1S/C19H22N4O3/c1-13-4-3-5-16(14(13)2)26-18-7-6-15(10-21-18)22-17(24)12-23-9-8-20-11-19(23)25/h3-7,10,20H,8-9,11-12H2,1-2H3,(H,22,24). The number of nitrogens with one attached hydrogen (secondary N) is 2. The number of ether oxygens (including phenoxy) is 1. The third-order valence-corrected chi connectivity index (χ3v) is 4.31. The Balaban J connectivity index is 1.58. The molecule has 0 spiro atoms. The van der Waals surface area contributed by atoms with Crippen molar-refractivity contribution < 1.29 is 14.3 Å². The number of carbonyl (C=O) groups excluding carboxylic acids is 2. The molecule has 0 unspecified atom stereocenters. The maximum absolute atomic E-state index is 12.1. The van der Waals surface area contributed by atoms with Crippen LogP contribution in [0.5, 0.6) is 11.6 Å². The van der Waals surface area contributed by atoms with E-state index in [0.717, 1.165) is 16.9 Å². The Morgan fingerprint density at radius 1 is 1.31 bits per heavy atom. The van der Waals surface area contributed by atoms with E-state index >= 15 is 0 Å². The van der Waals surface area contributed by atoms with Crippen molar-refractivity contribution in [1.82, 2.24) is 15.2 Å². The second-order valence-electron chi connectivity index (χ2n) is 6.23. The third kappa shape index (κ3) is 4.37. The smallest absolute Gasteiger partial charge is 0.244 e. The molecule has 1 aromatic heterocycles. The fourth-order valence-corrected chi connectivity index (χ4v) is 2.65. The molecule has 1 fully saturated rings. The van der Waals surface area contributed by atoms with Gasteiger partial charge in [-0.1, -0.05) is 12.1 Å². The number of benzene rings is 1. The number of aryl methyl sites for hydroxylation is 1. The maximum Gasteiger partial charge on any atom is 0.244 e. The molecule has 7 heteroatoms. The summed E-state index contributed by atoms with van der Waals surface area (Å²) in [5.41, 5.74) is 2.77. The number of piperazine rings is 1. The largest absolute Gasteiger partial charge is 0.439 e. The van der Waals surface area contributed by atoms with Crippen LogP contribution < -0.4 is 15.4 Å². The molecule has 2 aromatic rings. The van der Waals surface area contributed by atoms with Gasteiger partial charge >= 0.3 is 0 Å². The molecular formula is C19H22N4O3. The van der Waals surface area contributed by atoms with Crippen molar-refractivity contribution in [2.45, 2.75) is 13.8 Å². The van der Waals surface area contributed by atoms with Gasteiger partial charge < -0.3 is 20.3 Å². The summed E-state index contributed by atoms with van der Waals surface area (Å²) < 4.78 is 5.80. The molecule has 3 rings (SSSR count). The monoisotopic (exact) mass is 354 g/mol. The van der Waals surface area contributed by atoms with Gasteiger partial charge in [-0.3, -0.25) is 9.59 Å². The Morgan fingerprint density at radius 2 is 2.15 bits per heavy atom. The Morgan fingerprint density at radius 3 is 2.88 bits per heavy atom. The lowest BCUT2D eigenvalue weighted by molar-refractivity contribution is -0.135. The van der Waals surface area contributed by atoms with Crippen molar-refractivity contribution in [3.05, 3.63) is 47.7 Å². The van der Waals surface area contributed by atoms with Gasteiger partial charge in [-0.25, -0.2) is 4.98 Å². The number of hydrogen-bond acceptors (Lipinski definition) is 5. The highest BCUT2D eigenvalue weighted by Gasteiger charge is 2.20. The molecule has 2 amide bonds. The molecule has 0 aliphatic carbocycles. The molecule has 26 heavy (non-hydrogen) atoms. The molecule has 136 valence electrons. The van der Waals surface area contributed by atoms with E-state index in [4.69, 9.17) is 4.74 Å². The van der Waals surface area contributed by atoms with Crippen LogP contribution in [0.1, 0.15) is 11.1 Å². The van der Waals surface area contributed by atoms with Crippen LogP contribution in [0.2, 0.25) is 0 Å². The van der Waals surface area contributed by atoms with Gasteiger partial charge in [0.1, 0.15) is 5.75 Å². The fraction of sp³-hybridized carbons (Fsp3) is 0.316. The number of hydrogen-bond donors (Lipinski definition) is 2. The van der Waals surface area contributed by atoms with Crippen LogP contribution in [0.15, 0.2) is 36.5 Å². The number of amides is 2. The first-order chi connectivity index (χ1) is 12.5. The van der Waals surface area contributed by atoms with Gasteiger partial charge in [0.25, 0.3) is 0 Å². The van der Waals surface area contributed by atoms with Crippen molar-refractivity contribution in [3.8, 4) is 11.6 Å². The lowest BCUT2D eigenvalue weighted by Crippen LogP contribution is -2.50. The second kappa shape index (κ2) is 7.97. The Kier molecular flexibility index (Phi) is 5.48. The van der Waals surface area contributed by atoms with Crippen LogP contribution >= 0.6 is 0 Å². The average molecular weight is 354 g/mol. The van der Waals surface area contributed by atoms with Gasteiger partial charge in [-0.2, -0.15) is 0 Å². The quantitative estimate of drug-likeness (QED) is 0.856. The summed E-state index contributed by atoms with van der Waals surface area (Å²) >= 11 is 0. The predicted molar refractivity (Wildman–Crippen MR) is 98.3 cm³/mol. The van der Waals surface area contributed by atoms with E-state index in [1.54, 1.807) is 12.1 Å². The molecule has 7 nitrogen and oxygen atoms in total. The van der Waals surface area contributed by atoms with E-state index < -0.39 is 0 Å². The molecular weight excluding hydrogens is 332 g/mol. The summed E-state index contributed by atoms with van der Waals surface area (Å²) in [6.07, 6.45) is 1.54. The number of nitrogens with zero attached hydrogens (tertiary/aromatic N) is 2. The van der Waals surface area contributed by atoms with Crippen LogP contribution in [0, 0.1) is 13.8 Å². The summed E-state index contributed by atoms with van der Waals surface area (Å²) in [7, 11) is 0. The molecule has 0 atom stereocenters. The van der Waals surface area contributed by atoms with Gasteiger partial charge in [0.15, 0.2) is 0 Å². The molecule has 0 bridgehead atoms. The van der Waals surface area contributed by atoms with E-state index in [-0.39, 0.29) is 24.9 Å². The number of rotatable bonds is 5. The van der Waals surface area contributed by atoms with Crippen molar-refractivity contribution >= 4 is 17.5 Å².